The minimum absolute atomic E-state index is 0.0480. The quantitative estimate of drug-likeness (QED) is 0.651. The van der Waals surface area contributed by atoms with Gasteiger partial charge in [0.15, 0.2) is 5.69 Å². The van der Waals surface area contributed by atoms with Gasteiger partial charge in [0, 0.05) is 12.6 Å². The van der Waals surface area contributed by atoms with Crippen LogP contribution in [0.2, 0.25) is 0 Å². The van der Waals surface area contributed by atoms with E-state index in [2.05, 4.69) is 5.10 Å². The summed E-state index contributed by atoms with van der Waals surface area (Å²) in [6.45, 7) is 0. The number of nitrogens with zero attached hydrogens (tertiary/aromatic N) is 3. The highest BCUT2D eigenvalue weighted by Crippen LogP contribution is 2.34. The second-order valence-electron chi connectivity index (χ2n) is 5.96. The minimum atomic E-state index is -4.64. The van der Waals surface area contributed by atoms with Gasteiger partial charge in [-0.15, -0.1) is 0 Å². The van der Waals surface area contributed by atoms with Crippen LogP contribution in [0.1, 0.15) is 21.6 Å². The number of nitriles is 1. The summed E-state index contributed by atoms with van der Waals surface area (Å²) in [6, 6.07) is 8.49. The molecule has 0 saturated heterocycles. The highest BCUT2D eigenvalue weighted by Gasteiger charge is 2.31. The lowest BCUT2D eigenvalue weighted by Crippen LogP contribution is -2.15. The lowest BCUT2D eigenvalue weighted by Gasteiger charge is -2.10. The number of rotatable bonds is 3. The molecule has 0 aliphatic carbocycles. The third-order valence-electron chi connectivity index (χ3n) is 4.06. The van der Waals surface area contributed by atoms with Crippen LogP contribution in [-0.4, -0.2) is 15.7 Å². The van der Waals surface area contributed by atoms with Crippen LogP contribution in [0.15, 0.2) is 42.5 Å². The van der Waals surface area contributed by atoms with Gasteiger partial charge in [0.25, 0.3) is 5.91 Å². The summed E-state index contributed by atoms with van der Waals surface area (Å²) in [5.74, 6) is -2.97. The Hall–Kier alpha value is -3.74. The Bertz CT molecular complexity index is 1120. The van der Waals surface area contributed by atoms with Gasteiger partial charge in [-0.25, -0.2) is 8.78 Å². The molecule has 0 spiro atoms. The molecule has 3 aromatic rings. The predicted octanol–water partition coefficient (Wildman–Crippen LogP) is 4.51. The molecule has 10 heteroatoms. The molecule has 0 atom stereocenters. The van der Waals surface area contributed by atoms with Gasteiger partial charge in [0.1, 0.15) is 17.3 Å². The first-order valence-corrected chi connectivity index (χ1v) is 8.03. The maximum Gasteiger partial charge on any atom is 0.416 e. The first-order chi connectivity index (χ1) is 13.6. The summed E-state index contributed by atoms with van der Waals surface area (Å²) in [4.78, 5) is 12.3. The highest BCUT2D eigenvalue weighted by atomic mass is 19.4. The Morgan fingerprint density at radius 3 is 2.38 bits per heavy atom. The van der Waals surface area contributed by atoms with E-state index in [0.717, 1.165) is 47.1 Å². The van der Waals surface area contributed by atoms with E-state index in [1.54, 1.807) is 6.07 Å². The molecule has 5 nitrogen and oxygen atoms in total. The molecule has 2 aromatic carbocycles. The lowest BCUT2D eigenvalue weighted by molar-refractivity contribution is -0.137. The van der Waals surface area contributed by atoms with Gasteiger partial charge in [0.05, 0.1) is 22.9 Å². The van der Waals surface area contributed by atoms with E-state index in [-0.39, 0.29) is 22.5 Å². The summed E-state index contributed by atoms with van der Waals surface area (Å²) < 4.78 is 67.6. The van der Waals surface area contributed by atoms with Crippen molar-refractivity contribution in [2.45, 2.75) is 6.18 Å². The minimum Gasteiger partial charge on any atom is -0.316 e. The molecule has 1 N–H and O–H groups in total. The maximum atomic E-state index is 13.7. The fraction of sp³-hybridized carbons (Fsp3) is 0.105. The van der Waals surface area contributed by atoms with Crippen LogP contribution in [0.5, 0.6) is 0 Å². The van der Waals surface area contributed by atoms with Crippen molar-refractivity contribution in [3.63, 3.8) is 0 Å². The molecule has 3 rings (SSSR count). The van der Waals surface area contributed by atoms with E-state index in [1.807, 2.05) is 5.32 Å². The molecule has 0 unspecified atom stereocenters. The van der Waals surface area contributed by atoms with Crippen molar-refractivity contribution < 1.29 is 26.7 Å². The number of halogens is 5. The smallest absolute Gasteiger partial charge is 0.316 e. The van der Waals surface area contributed by atoms with Crippen LogP contribution < -0.4 is 5.32 Å². The van der Waals surface area contributed by atoms with Crippen molar-refractivity contribution in [3.05, 3.63) is 70.9 Å². The van der Waals surface area contributed by atoms with Crippen LogP contribution >= 0.6 is 0 Å². The third kappa shape index (κ3) is 3.94. The van der Waals surface area contributed by atoms with E-state index in [9.17, 15) is 32.0 Å². The normalized spacial score (nSPS) is 11.2. The van der Waals surface area contributed by atoms with E-state index >= 15 is 0 Å². The van der Waals surface area contributed by atoms with Gasteiger partial charge in [-0.1, -0.05) is 6.07 Å². The van der Waals surface area contributed by atoms with E-state index in [1.165, 1.54) is 7.05 Å². The number of aryl methyl sites for hydroxylation is 1. The Morgan fingerprint density at radius 1 is 1.14 bits per heavy atom. The zero-order valence-electron chi connectivity index (χ0n) is 14.7. The fourth-order valence-corrected chi connectivity index (χ4v) is 2.66. The van der Waals surface area contributed by atoms with Crippen LogP contribution in [0.4, 0.5) is 27.6 Å². The van der Waals surface area contributed by atoms with Crippen LogP contribution in [0.25, 0.3) is 11.3 Å². The number of benzene rings is 2. The molecule has 29 heavy (non-hydrogen) atoms. The number of amides is 1. The van der Waals surface area contributed by atoms with Gasteiger partial charge < -0.3 is 5.32 Å². The van der Waals surface area contributed by atoms with Crippen molar-refractivity contribution in [2.75, 3.05) is 5.32 Å². The maximum absolute atomic E-state index is 13.7. The zero-order chi connectivity index (χ0) is 21.3. The average Bonchev–Trinajstić information content (AvgIpc) is 3.05. The Labute approximate surface area is 161 Å². The van der Waals surface area contributed by atoms with E-state index < -0.39 is 35.0 Å². The standard InChI is InChI=1S/C19H11F5N4O/c1-28-16(12-7-11(19(22,23)24)6-5-10(12)9-25)8-15(27-28)18(29)26-17-13(20)3-2-4-14(17)21/h2-8H,1H3,(H,26,29). The van der Waals surface area contributed by atoms with E-state index in [0.29, 0.717) is 0 Å². The molecular weight excluding hydrogens is 395 g/mol. The fourth-order valence-electron chi connectivity index (χ4n) is 2.66. The topological polar surface area (TPSA) is 70.7 Å². The second kappa shape index (κ2) is 7.35. The summed E-state index contributed by atoms with van der Waals surface area (Å²) in [5, 5.41) is 15.1. The molecule has 1 aromatic heterocycles. The monoisotopic (exact) mass is 406 g/mol. The summed E-state index contributed by atoms with van der Waals surface area (Å²) in [7, 11) is 1.36. The number of hydrogen-bond acceptors (Lipinski definition) is 3. The summed E-state index contributed by atoms with van der Waals surface area (Å²) in [6.07, 6.45) is -4.64. The Balaban J connectivity index is 2.01. The molecule has 0 saturated carbocycles. The number of aromatic nitrogens is 2. The molecule has 1 amide bonds. The van der Waals surface area contributed by atoms with E-state index in [4.69, 9.17) is 0 Å². The second-order valence-corrected chi connectivity index (χ2v) is 5.96. The average molecular weight is 406 g/mol. The number of hydrogen-bond donors (Lipinski definition) is 1. The number of carbonyl (C=O) groups is 1. The molecule has 148 valence electrons. The predicted molar refractivity (Wildman–Crippen MR) is 92.7 cm³/mol. The first-order valence-electron chi connectivity index (χ1n) is 8.03. The SMILES string of the molecule is Cn1nc(C(=O)Nc2c(F)cccc2F)cc1-c1cc(C(F)(F)F)ccc1C#N. The van der Waals surface area contributed by atoms with Crippen LogP contribution in [-0.2, 0) is 13.2 Å². The van der Waals surface area contributed by atoms with Crippen LogP contribution in [0.3, 0.4) is 0 Å². The highest BCUT2D eigenvalue weighted by molar-refractivity contribution is 6.03. The van der Waals surface area contributed by atoms with Crippen LogP contribution in [0, 0.1) is 23.0 Å². The van der Waals surface area contributed by atoms with Gasteiger partial charge in [-0.05, 0) is 36.4 Å². The lowest BCUT2D eigenvalue weighted by atomic mass is 10.0. The number of carbonyl (C=O) groups excluding carboxylic acids is 1. The Kier molecular flexibility index (Phi) is 5.07. The molecule has 0 aliphatic heterocycles. The first kappa shape index (κ1) is 20.0. The largest absolute Gasteiger partial charge is 0.416 e. The molecule has 0 fully saturated rings. The van der Waals surface area contributed by atoms with Crippen molar-refractivity contribution >= 4 is 11.6 Å². The van der Waals surface area contributed by atoms with Gasteiger partial charge >= 0.3 is 6.18 Å². The van der Waals surface area contributed by atoms with Crippen molar-refractivity contribution in [2.24, 2.45) is 7.05 Å². The summed E-state index contributed by atoms with van der Waals surface area (Å²) >= 11 is 0. The number of alkyl halides is 3. The molecule has 0 aliphatic rings. The number of nitrogens with one attached hydrogen (secondary N) is 1. The molecular formula is C19H11F5N4O. The van der Waals surface area contributed by atoms with Crippen molar-refractivity contribution in [1.82, 2.24) is 9.78 Å². The molecule has 1 heterocycles. The van der Waals surface area contributed by atoms with Crippen molar-refractivity contribution in [1.29, 1.82) is 5.26 Å². The molecule has 0 bridgehead atoms. The molecule has 0 radical (unpaired) electrons. The van der Waals surface area contributed by atoms with Gasteiger partial charge in [-0.3, -0.25) is 9.48 Å². The zero-order valence-corrected chi connectivity index (χ0v) is 14.7. The number of anilines is 1. The van der Waals surface area contributed by atoms with Crippen molar-refractivity contribution in [3.8, 4) is 17.3 Å². The Morgan fingerprint density at radius 2 is 1.79 bits per heavy atom. The van der Waals surface area contributed by atoms with Gasteiger partial charge in [-0.2, -0.15) is 23.5 Å². The summed E-state index contributed by atoms with van der Waals surface area (Å²) in [5.41, 5.74) is -2.06. The van der Waals surface area contributed by atoms with Gasteiger partial charge in [0.2, 0.25) is 0 Å². The number of para-hydroxylation sites is 1. The third-order valence-corrected chi connectivity index (χ3v) is 4.06.